The van der Waals surface area contributed by atoms with E-state index < -0.39 is 47.2 Å². The SMILES string of the molecule is CCN(CCC(=O)O)Cc1c(F)c(F)c(F)c(F)c1F. The maximum atomic E-state index is 13.4. The number of aliphatic carboxylic acids is 1. The Hall–Kier alpha value is -1.70. The molecule has 0 saturated heterocycles. The van der Waals surface area contributed by atoms with E-state index in [1.54, 1.807) is 6.92 Å². The highest BCUT2D eigenvalue weighted by atomic mass is 19.2. The molecule has 0 aliphatic heterocycles. The zero-order valence-corrected chi connectivity index (χ0v) is 10.5. The third-order valence-corrected chi connectivity index (χ3v) is 2.77. The number of hydrogen-bond acceptors (Lipinski definition) is 2. The summed E-state index contributed by atoms with van der Waals surface area (Å²) < 4.78 is 65.7. The maximum Gasteiger partial charge on any atom is 0.304 e. The first-order valence-corrected chi connectivity index (χ1v) is 5.74. The number of carboxylic acid groups (broad SMARTS) is 1. The Balaban J connectivity index is 3.04. The molecule has 1 aromatic carbocycles. The Bertz CT molecular complexity index is 492. The summed E-state index contributed by atoms with van der Waals surface area (Å²) in [7, 11) is 0. The van der Waals surface area contributed by atoms with Gasteiger partial charge in [-0.05, 0) is 6.54 Å². The van der Waals surface area contributed by atoms with Crippen molar-refractivity contribution >= 4 is 5.97 Å². The Morgan fingerprint density at radius 1 is 1.00 bits per heavy atom. The Morgan fingerprint density at radius 3 is 1.85 bits per heavy atom. The first kappa shape index (κ1) is 16.4. The molecule has 0 unspecified atom stereocenters. The van der Waals surface area contributed by atoms with Crippen molar-refractivity contribution < 1.29 is 31.9 Å². The van der Waals surface area contributed by atoms with E-state index in [9.17, 15) is 26.7 Å². The Labute approximate surface area is 111 Å². The molecule has 0 atom stereocenters. The second-order valence-corrected chi connectivity index (χ2v) is 4.06. The summed E-state index contributed by atoms with van der Waals surface area (Å²) in [6.07, 6.45) is -0.302. The molecule has 112 valence electrons. The molecule has 0 saturated carbocycles. The minimum atomic E-state index is -2.21. The number of carbonyl (C=O) groups is 1. The van der Waals surface area contributed by atoms with Gasteiger partial charge in [-0.15, -0.1) is 0 Å². The molecule has 1 rings (SSSR count). The molecule has 0 heterocycles. The van der Waals surface area contributed by atoms with Gasteiger partial charge in [0.2, 0.25) is 5.82 Å². The van der Waals surface area contributed by atoms with Gasteiger partial charge in [-0.1, -0.05) is 6.92 Å². The normalized spacial score (nSPS) is 11.2. The predicted molar refractivity (Wildman–Crippen MR) is 59.4 cm³/mol. The van der Waals surface area contributed by atoms with Crippen molar-refractivity contribution in [1.29, 1.82) is 0 Å². The zero-order chi connectivity index (χ0) is 15.4. The van der Waals surface area contributed by atoms with E-state index in [2.05, 4.69) is 0 Å². The fourth-order valence-corrected chi connectivity index (χ4v) is 1.62. The van der Waals surface area contributed by atoms with Crippen LogP contribution in [0.25, 0.3) is 0 Å². The summed E-state index contributed by atoms with van der Waals surface area (Å²) in [5, 5.41) is 8.51. The summed E-state index contributed by atoms with van der Waals surface area (Å²) in [5.74, 6) is -11.1. The molecule has 0 spiro atoms. The molecular weight excluding hydrogens is 285 g/mol. The van der Waals surface area contributed by atoms with E-state index in [1.807, 2.05) is 0 Å². The van der Waals surface area contributed by atoms with Crippen molar-refractivity contribution in [3.63, 3.8) is 0 Å². The summed E-state index contributed by atoms with van der Waals surface area (Å²) in [6, 6.07) is 0. The van der Waals surface area contributed by atoms with Crippen LogP contribution < -0.4 is 0 Å². The molecule has 20 heavy (non-hydrogen) atoms. The predicted octanol–water partition coefficient (Wildman–Crippen LogP) is 2.68. The number of carboxylic acids is 1. The van der Waals surface area contributed by atoms with Gasteiger partial charge in [-0.2, -0.15) is 0 Å². The molecule has 0 bridgehead atoms. The third-order valence-electron chi connectivity index (χ3n) is 2.77. The first-order chi connectivity index (χ1) is 9.29. The minimum absolute atomic E-state index is 0.0642. The fraction of sp³-hybridized carbons (Fsp3) is 0.417. The van der Waals surface area contributed by atoms with Crippen molar-refractivity contribution in [2.75, 3.05) is 13.1 Å². The molecule has 3 nitrogen and oxygen atoms in total. The van der Waals surface area contributed by atoms with E-state index in [4.69, 9.17) is 5.11 Å². The van der Waals surface area contributed by atoms with Crippen LogP contribution in [-0.2, 0) is 11.3 Å². The van der Waals surface area contributed by atoms with E-state index in [0.717, 1.165) is 0 Å². The molecule has 0 aliphatic carbocycles. The molecular formula is C12H12F5NO2. The van der Waals surface area contributed by atoms with E-state index in [1.165, 1.54) is 4.90 Å². The largest absolute Gasteiger partial charge is 0.481 e. The number of halogens is 5. The first-order valence-electron chi connectivity index (χ1n) is 5.74. The zero-order valence-electron chi connectivity index (χ0n) is 10.5. The van der Waals surface area contributed by atoms with Gasteiger partial charge in [0, 0.05) is 18.7 Å². The standard InChI is InChI=1S/C12H12F5NO2/c1-2-18(4-3-7(19)20)5-6-8(13)10(15)12(17)11(16)9(6)14/h2-5H2,1H3,(H,19,20). The van der Waals surface area contributed by atoms with Crippen LogP contribution in [0.5, 0.6) is 0 Å². The highest BCUT2D eigenvalue weighted by Gasteiger charge is 2.26. The average Bonchev–Trinajstić information content (AvgIpc) is 2.42. The van der Waals surface area contributed by atoms with Gasteiger partial charge in [0.15, 0.2) is 23.3 Å². The average molecular weight is 297 g/mol. The van der Waals surface area contributed by atoms with Crippen LogP contribution >= 0.6 is 0 Å². The Kier molecular flexibility index (Phi) is 5.43. The molecule has 0 fully saturated rings. The summed E-state index contributed by atoms with van der Waals surface area (Å²) >= 11 is 0. The van der Waals surface area contributed by atoms with Crippen LogP contribution in [0.4, 0.5) is 22.0 Å². The van der Waals surface area contributed by atoms with Crippen LogP contribution in [0.15, 0.2) is 0 Å². The van der Waals surface area contributed by atoms with Crippen molar-refractivity contribution in [1.82, 2.24) is 4.90 Å². The number of benzene rings is 1. The summed E-state index contributed by atoms with van der Waals surface area (Å²) in [4.78, 5) is 11.7. The second kappa shape index (κ2) is 6.65. The Morgan fingerprint density at radius 2 is 1.45 bits per heavy atom. The van der Waals surface area contributed by atoms with E-state index >= 15 is 0 Å². The number of nitrogens with zero attached hydrogens (tertiary/aromatic N) is 1. The lowest BCUT2D eigenvalue weighted by Crippen LogP contribution is -2.27. The molecule has 0 amide bonds. The minimum Gasteiger partial charge on any atom is -0.481 e. The van der Waals surface area contributed by atoms with Gasteiger partial charge in [0.05, 0.1) is 6.42 Å². The van der Waals surface area contributed by atoms with Crippen molar-refractivity contribution in [3.05, 3.63) is 34.6 Å². The van der Waals surface area contributed by atoms with Crippen LogP contribution in [-0.4, -0.2) is 29.1 Å². The monoisotopic (exact) mass is 297 g/mol. The summed E-state index contributed by atoms with van der Waals surface area (Å²) in [5.41, 5.74) is -0.964. The summed E-state index contributed by atoms with van der Waals surface area (Å²) in [6.45, 7) is 1.15. The third kappa shape index (κ3) is 3.44. The second-order valence-electron chi connectivity index (χ2n) is 4.06. The van der Waals surface area contributed by atoms with Gasteiger partial charge in [-0.25, -0.2) is 22.0 Å². The molecule has 8 heteroatoms. The van der Waals surface area contributed by atoms with E-state index in [-0.39, 0.29) is 19.5 Å². The topological polar surface area (TPSA) is 40.5 Å². The maximum absolute atomic E-state index is 13.4. The van der Waals surface area contributed by atoms with Gasteiger partial charge in [0.25, 0.3) is 0 Å². The lowest BCUT2D eigenvalue weighted by atomic mass is 10.1. The quantitative estimate of drug-likeness (QED) is 0.498. The van der Waals surface area contributed by atoms with Crippen LogP contribution in [0, 0.1) is 29.1 Å². The highest BCUT2D eigenvalue weighted by molar-refractivity contribution is 5.66. The fourth-order valence-electron chi connectivity index (χ4n) is 1.62. The van der Waals surface area contributed by atoms with Crippen LogP contribution in [0.2, 0.25) is 0 Å². The van der Waals surface area contributed by atoms with Crippen molar-refractivity contribution in [3.8, 4) is 0 Å². The smallest absolute Gasteiger partial charge is 0.304 e. The van der Waals surface area contributed by atoms with Crippen LogP contribution in [0.1, 0.15) is 18.9 Å². The number of hydrogen-bond donors (Lipinski definition) is 1. The highest BCUT2D eigenvalue weighted by Crippen LogP contribution is 2.24. The lowest BCUT2D eigenvalue weighted by Gasteiger charge is -2.20. The lowest BCUT2D eigenvalue weighted by molar-refractivity contribution is -0.137. The molecule has 0 aliphatic rings. The molecule has 0 radical (unpaired) electrons. The van der Waals surface area contributed by atoms with Gasteiger partial charge in [-0.3, -0.25) is 9.69 Å². The van der Waals surface area contributed by atoms with E-state index in [0.29, 0.717) is 0 Å². The molecule has 0 aromatic heterocycles. The van der Waals surface area contributed by atoms with Crippen molar-refractivity contribution in [2.45, 2.75) is 19.9 Å². The van der Waals surface area contributed by atoms with Gasteiger partial charge < -0.3 is 5.11 Å². The molecule has 1 N–H and O–H groups in total. The van der Waals surface area contributed by atoms with Crippen molar-refractivity contribution in [2.24, 2.45) is 0 Å². The van der Waals surface area contributed by atoms with Gasteiger partial charge >= 0.3 is 5.97 Å². The van der Waals surface area contributed by atoms with Gasteiger partial charge in [0.1, 0.15) is 0 Å². The number of rotatable bonds is 6. The molecule has 1 aromatic rings. The van der Waals surface area contributed by atoms with Crippen LogP contribution in [0.3, 0.4) is 0 Å².